The molecule has 112 valence electrons. The third-order valence-corrected chi connectivity index (χ3v) is 4.83. The van der Waals surface area contributed by atoms with Crippen molar-refractivity contribution in [2.75, 3.05) is 7.11 Å². The lowest BCUT2D eigenvalue weighted by molar-refractivity contribution is 0.405. The van der Waals surface area contributed by atoms with Crippen LogP contribution in [0.15, 0.2) is 34.8 Å². The van der Waals surface area contributed by atoms with E-state index in [9.17, 15) is 8.78 Å². The fourth-order valence-electron chi connectivity index (χ4n) is 1.98. The van der Waals surface area contributed by atoms with Gasteiger partial charge in [0, 0.05) is 27.0 Å². The first-order chi connectivity index (χ1) is 9.93. The Morgan fingerprint density at radius 1 is 1.24 bits per heavy atom. The Kier molecular flexibility index (Phi) is 5.63. The Morgan fingerprint density at radius 3 is 2.57 bits per heavy atom. The zero-order valence-electron chi connectivity index (χ0n) is 11.0. The second-order valence-corrected chi connectivity index (χ2v) is 6.75. The number of hydrogen-bond donors (Lipinski definition) is 0. The third-order valence-electron chi connectivity index (χ3n) is 3.06. The van der Waals surface area contributed by atoms with E-state index in [4.69, 9.17) is 16.3 Å². The van der Waals surface area contributed by atoms with Gasteiger partial charge >= 0.3 is 0 Å². The SMILES string of the molecule is COc1cc(F)c(Br)cc1C(Br)Cc1c(F)cccc1Cl. The van der Waals surface area contributed by atoms with Crippen LogP contribution in [-0.2, 0) is 6.42 Å². The smallest absolute Gasteiger partial charge is 0.141 e. The van der Waals surface area contributed by atoms with Crippen molar-refractivity contribution in [3.05, 3.63) is 62.6 Å². The summed E-state index contributed by atoms with van der Waals surface area (Å²) in [6.45, 7) is 0. The molecule has 2 aromatic rings. The van der Waals surface area contributed by atoms with Crippen molar-refractivity contribution in [2.45, 2.75) is 11.2 Å². The van der Waals surface area contributed by atoms with Crippen molar-refractivity contribution >= 4 is 43.5 Å². The molecule has 1 nitrogen and oxygen atoms in total. The van der Waals surface area contributed by atoms with Gasteiger partial charge in [-0.3, -0.25) is 0 Å². The lowest BCUT2D eigenvalue weighted by Crippen LogP contribution is -2.02. The lowest BCUT2D eigenvalue weighted by atomic mass is 10.0. The Bertz CT molecular complexity index is 644. The molecule has 6 heteroatoms. The second kappa shape index (κ2) is 7.07. The predicted molar refractivity (Wildman–Crippen MR) is 87.4 cm³/mol. The van der Waals surface area contributed by atoms with E-state index in [2.05, 4.69) is 31.9 Å². The average molecular weight is 441 g/mol. The number of halogens is 5. The van der Waals surface area contributed by atoms with E-state index in [0.29, 0.717) is 32.8 Å². The Hall–Kier alpha value is -0.650. The van der Waals surface area contributed by atoms with Crippen LogP contribution in [0.5, 0.6) is 5.75 Å². The summed E-state index contributed by atoms with van der Waals surface area (Å²) < 4.78 is 32.9. The monoisotopic (exact) mass is 438 g/mol. The molecule has 0 saturated carbocycles. The van der Waals surface area contributed by atoms with E-state index in [1.807, 2.05) is 0 Å². The van der Waals surface area contributed by atoms with Gasteiger partial charge in [0.1, 0.15) is 17.4 Å². The van der Waals surface area contributed by atoms with Gasteiger partial charge in [0.05, 0.1) is 11.6 Å². The van der Waals surface area contributed by atoms with Gasteiger partial charge in [-0.2, -0.15) is 0 Å². The minimum atomic E-state index is -0.417. The van der Waals surface area contributed by atoms with Gasteiger partial charge in [-0.25, -0.2) is 8.78 Å². The maximum atomic E-state index is 13.8. The summed E-state index contributed by atoms with van der Waals surface area (Å²) in [6, 6.07) is 7.45. The van der Waals surface area contributed by atoms with Crippen LogP contribution in [0.4, 0.5) is 8.78 Å². The number of methoxy groups -OCH3 is 1. The quantitative estimate of drug-likeness (QED) is 0.525. The first kappa shape index (κ1) is 16.7. The summed E-state index contributed by atoms with van der Waals surface area (Å²) >= 11 is 12.7. The third kappa shape index (κ3) is 3.76. The van der Waals surface area contributed by atoms with Gasteiger partial charge in [-0.05, 0) is 40.5 Å². The molecule has 0 fully saturated rings. The fourth-order valence-corrected chi connectivity index (χ4v) is 3.26. The van der Waals surface area contributed by atoms with E-state index in [1.165, 1.54) is 19.2 Å². The van der Waals surface area contributed by atoms with Gasteiger partial charge in [-0.15, -0.1) is 0 Å². The van der Waals surface area contributed by atoms with Gasteiger partial charge in [0.2, 0.25) is 0 Å². The lowest BCUT2D eigenvalue weighted by Gasteiger charge is -2.16. The van der Waals surface area contributed by atoms with Crippen molar-refractivity contribution in [1.82, 2.24) is 0 Å². The highest BCUT2D eigenvalue weighted by atomic mass is 79.9. The summed E-state index contributed by atoms with van der Waals surface area (Å²) in [5, 5.41) is 0.361. The van der Waals surface area contributed by atoms with E-state index in [0.717, 1.165) is 0 Å². The largest absolute Gasteiger partial charge is 0.496 e. The Labute approximate surface area is 143 Å². The first-order valence-electron chi connectivity index (χ1n) is 6.04. The van der Waals surface area contributed by atoms with Gasteiger partial charge < -0.3 is 4.74 Å². The Balaban J connectivity index is 2.37. The van der Waals surface area contributed by atoms with Crippen LogP contribution >= 0.6 is 43.5 Å². The van der Waals surface area contributed by atoms with E-state index in [1.54, 1.807) is 18.2 Å². The van der Waals surface area contributed by atoms with Crippen LogP contribution in [0.3, 0.4) is 0 Å². The van der Waals surface area contributed by atoms with E-state index < -0.39 is 5.82 Å². The molecule has 21 heavy (non-hydrogen) atoms. The van der Waals surface area contributed by atoms with Gasteiger partial charge in [0.25, 0.3) is 0 Å². The zero-order valence-corrected chi connectivity index (χ0v) is 14.9. The molecule has 2 aromatic carbocycles. The molecule has 0 bridgehead atoms. The van der Waals surface area contributed by atoms with Crippen molar-refractivity contribution in [3.8, 4) is 5.75 Å². The topological polar surface area (TPSA) is 9.23 Å². The molecule has 0 spiro atoms. The molecule has 0 aliphatic carbocycles. The maximum absolute atomic E-state index is 13.8. The van der Waals surface area contributed by atoms with Crippen LogP contribution in [-0.4, -0.2) is 7.11 Å². The summed E-state index contributed by atoms with van der Waals surface area (Å²) in [5.74, 6) is -0.392. The molecule has 0 amide bonds. The number of hydrogen-bond acceptors (Lipinski definition) is 1. The number of alkyl halides is 1. The molecule has 0 heterocycles. The number of rotatable bonds is 4. The maximum Gasteiger partial charge on any atom is 0.141 e. The minimum absolute atomic E-state index is 0.265. The van der Waals surface area contributed by atoms with Crippen LogP contribution in [0.25, 0.3) is 0 Å². The van der Waals surface area contributed by atoms with Crippen molar-refractivity contribution in [2.24, 2.45) is 0 Å². The molecule has 0 aromatic heterocycles. The molecule has 0 radical (unpaired) electrons. The van der Waals surface area contributed by atoms with Crippen molar-refractivity contribution in [3.63, 3.8) is 0 Å². The van der Waals surface area contributed by atoms with Crippen LogP contribution in [0, 0.1) is 11.6 Å². The predicted octanol–water partition coefficient (Wildman–Crippen LogP) is 6.07. The summed E-state index contributed by atoms with van der Waals surface area (Å²) in [7, 11) is 1.46. The molecule has 0 aliphatic rings. The molecule has 1 atom stereocenters. The van der Waals surface area contributed by atoms with Crippen molar-refractivity contribution < 1.29 is 13.5 Å². The number of benzene rings is 2. The molecular weight excluding hydrogens is 429 g/mol. The van der Waals surface area contributed by atoms with Crippen LogP contribution in [0.2, 0.25) is 5.02 Å². The summed E-state index contributed by atoms with van der Waals surface area (Å²) in [6.07, 6.45) is 0.319. The second-order valence-electron chi connectivity index (χ2n) is 4.38. The molecule has 0 N–H and O–H groups in total. The summed E-state index contributed by atoms with van der Waals surface area (Å²) in [5.41, 5.74) is 1.12. The zero-order chi connectivity index (χ0) is 15.6. The fraction of sp³-hybridized carbons (Fsp3) is 0.200. The van der Waals surface area contributed by atoms with Crippen LogP contribution < -0.4 is 4.74 Å². The van der Waals surface area contributed by atoms with Gasteiger partial charge in [-0.1, -0.05) is 33.6 Å². The standard InChI is InChI=1S/C15H11Br2ClF2O/c1-21-15-7-14(20)11(17)5-8(15)10(16)6-9-12(18)3-2-4-13(9)19/h2-5,7,10H,6H2,1H3. The molecule has 0 saturated heterocycles. The molecule has 1 unspecified atom stereocenters. The van der Waals surface area contributed by atoms with Crippen molar-refractivity contribution in [1.29, 1.82) is 0 Å². The Morgan fingerprint density at radius 2 is 1.95 bits per heavy atom. The molecule has 2 rings (SSSR count). The average Bonchev–Trinajstić information content (AvgIpc) is 2.45. The van der Waals surface area contributed by atoms with E-state index >= 15 is 0 Å². The minimum Gasteiger partial charge on any atom is -0.496 e. The highest BCUT2D eigenvalue weighted by Gasteiger charge is 2.19. The normalized spacial score (nSPS) is 12.3. The molecular formula is C15H11Br2ClF2O. The number of ether oxygens (including phenoxy) is 1. The highest BCUT2D eigenvalue weighted by molar-refractivity contribution is 9.10. The van der Waals surface area contributed by atoms with E-state index in [-0.39, 0.29) is 10.6 Å². The molecule has 0 aliphatic heterocycles. The summed E-state index contributed by atoms with van der Waals surface area (Å²) in [4.78, 5) is -0.265. The highest BCUT2D eigenvalue weighted by Crippen LogP contribution is 2.38. The van der Waals surface area contributed by atoms with Crippen LogP contribution in [0.1, 0.15) is 16.0 Å². The first-order valence-corrected chi connectivity index (χ1v) is 8.12. The van der Waals surface area contributed by atoms with Gasteiger partial charge in [0.15, 0.2) is 0 Å².